The van der Waals surface area contributed by atoms with E-state index in [9.17, 15) is 4.79 Å². The predicted octanol–water partition coefficient (Wildman–Crippen LogP) is 4.10. The molecule has 0 spiro atoms. The molecule has 1 aliphatic heterocycles. The number of likely N-dealkylation sites (tertiary alicyclic amines) is 1. The molecular weight excluding hydrogens is 314 g/mol. The van der Waals surface area contributed by atoms with Crippen LogP contribution in [0.4, 0.5) is 0 Å². The van der Waals surface area contributed by atoms with Crippen molar-refractivity contribution in [1.29, 1.82) is 0 Å². The Morgan fingerprint density at radius 2 is 2.26 bits per heavy atom. The average Bonchev–Trinajstić information content (AvgIpc) is 3.23. The number of carbonyl (C=O) groups excluding carboxylic acids is 1. The van der Waals surface area contributed by atoms with E-state index in [-0.39, 0.29) is 11.9 Å². The first kappa shape index (κ1) is 14.3. The molecule has 1 unspecified atom stereocenters. The molecule has 6 heteroatoms. The Morgan fingerprint density at radius 3 is 3.04 bits per heavy atom. The van der Waals surface area contributed by atoms with Crippen LogP contribution in [0.15, 0.2) is 34.9 Å². The molecule has 0 bridgehead atoms. The molecule has 0 radical (unpaired) electrons. The molecule has 5 nitrogen and oxygen atoms in total. The van der Waals surface area contributed by atoms with Crippen LogP contribution in [0, 0.1) is 6.92 Å². The highest BCUT2D eigenvalue weighted by Gasteiger charge is 2.33. The number of aryl methyl sites for hydroxylation is 1. The van der Waals surface area contributed by atoms with Gasteiger partial charge in [0.1, 0.15) is 17.1 Å². The van der Waals surface area contributed by atoms with Gasteiger partial charge in [0.15, 0.2) is 0 Å². The van der Waals surface area contributed by atoms with Crippen LogP contribution in [-0.2, 0) is 0 Å². The maximum atomic E-state index is 12.9. The molecule has 4 rings (SSSR count). The second kappa shape index (κ2) is 5.42. The smallest absolute Gasteiger partial charge is 0.270 e. The lowest BCUT2D eigenvalue weighted by atomic mass is 10.1. The van der Waals surface area contributed by atoms with Crippen molar-refractivity contribution in [2.75, 3.05) is 6.54 Å². The van der Waals surface area contributed by atoms with Crippen LogP contribution >= 0.6 is 11.6 Å². The third kappa shape index (κ3) is 2.51. The first-order chi connectivity index (χ1) is 11.1. The quantitative estimate of drug-likeness (QED) is 0.770. The van der Waals surface area contributed by atoms with E-state index in [0.29, 0.717) is 10.7 Å². The molecule has 1 amide bonds. The van der Waals surface area contributed by atoms with Crippen LogP contribution < -0.4 is 0 Å². The van der Waals surface area contributed by atoms with Crippen molar-refractivity contribution < 1.29 is 9.32 Å². The fraction of sp³-hybridized carbons (Fsp3) is 0.294. The predicted molar refractivity (Wildman–Crippen MR) is 87.6 cm³/mol. The Labute approximate surface area is 138 Å². The average molecular weight is 330 g/mol. The second-order valence-corrected chi connectivity index (χ2v) is 6.37. The fourth-order valence-corrected chi connectivity index (χ4v) is 3.41. The number of hydrogen-bond acceptors (Lipinski definition) is 3. The third-order valence-electron chi connectivity index (χ3n) is 4.31. The van der Waals surface area contributed by atoms with Gasteiger partial charge in [0.05, 0.1) is 6.04 Å². The number of amides is 1. The lowest BCUT2D eigenvalue weighted by Gasteiger charge is -2.22. The molecule has 3 aromatic rings. The zero-order valence-electron chi connectivity index (χ0n) is 12.7. The van der Waals surface area contributed by atoms with E-state index in [1.165, 1.54) is 0 Å². The van der Waals surface area contributed by atoms with Crippen molar-refractivity contribution in [2.24, 2.45) is 0 Å². The summed E-state index contributed by atoms with van der Waals surface area (Å²) in [6.45, 7) is 2.59. The number of aromatic nitrogens is 2. The normalized spacial score (nSPS) is 18.0. The van der Waals surface area contributed by atoms with E-state index in [1.54, 1.807) is 0 Å². The van der Waals surface area contributed by atoms with E-state index in [4.69, 9.17) is 16.1 Å². The van der Waals surface area contributed by atoms with Crippen LogP contribution in [0.2, 0.25) is 5.02 Å². The highest BCUT2D eigenvalue weighted by atomic mass is 35.5. The summed E-state index contributed by atoms with van der Waals surface area (Å²) in [5.41, 5.74) is 2.31. The van der Waals surface area contributed by atoms with Gasteiger partial charge < -0.3 is 14.4 Å². The third-order valence-corrected chi connectivity index (χ3v) is 4.55. The van der Waals surface area contributed by atoms with E-state index in [0.717, 1.165) is 41.7 Å². The number of rotatable bonds is 2. The molecule has 3 heterocycles. The van der Waals surface area contributed by atoms with Crippen LogP contribution in [0.25, 0.3) is 10.9 Å². The lowest BCUT2D eigenvalue weighted by molar-refractivity contribution is 0.0726. The summed E-state index contributed by atoms with van der Waals surface area (Å²) in [5, 5.41) is 5.68. The van der Waals surface area contributed by atoms with Crippen LogP contribution in [0.5, 0.6) is 0 Å². The van der Waals surface area contributed by atoms with Gasteiger partial charge in [-0.15, -0.1) is 0 Å². The molecule has 118 valence electrons. The molecule has 1 aliphatic rings. The van der Waals surface area contributed by atoms with Gasteiger partial charge in [-0.25, -0.2) is 0 Å². The van der Waals surface area contributed by atoms with Gasteiger partial charge in [-0.3, -0.25) is 4.79 Å². The van der Waals surface area contributed by atoms with Gasteiger partial charge in [-0.2, -0.15) is 0 Å². The summed E-state index contributed by atoms with van der Waals surface area (Å²) >= 11 is 6.01. The van der Waals surface area contributed by atoms with Gasteiger partial charge in [0, 0.05) is 28.5 Å². The van der Waals surface area contributed by atoms with Crippen molar-refractivity contribution in [1.82, 2.24) is 15.0 Å². The van der Waals surface area contributed by atoms with E-state index in [2.05, 4.69) is 10.1 Å². The minimum absolute atomic E-state index is 0.0134. The van der Waals surface area contributed by atoms with Crippen LogP contribution in [-0.4, -0.2) is 27.5 Å². The SMILES string of the molecule is Cc1cc(C2CCCN2C(=O)c2cc3cc(Cl)ccc3[nH]2)no1. The summed E-state index contributed by atoms with van der Waals surface area (Å²) in [4.78, 5) is 17.9. The number of fused-ring (bicyclic) bond motifs is 1. The van der Waals surface area contributed by atoms with Crippen molar-refractivity contribution in [3.8, 4) is 0 Å². The molecule has 1 aromatic carbocycles. The molecule has 1 saturated heterocycles. The lowest BCUT2D eigenvalue weighted by Crippen LogP contribution is -2.30. The summed E-state index contributed by atoms with van der Waals surface area (Å²) < 4.78 is 5.16. The van der Waals surface area contributed by atoms with E-state index in [1.807, 2.05) is 42.2 Å². The first-order valence-electron chi connectivity index (χ1n) is 7.64. The minimum atomic E-state index is -0.0186. The highest BCUT2D eigenvalue weighted by Crippen LogP contribution is 2.33. The Kier molecular flexibility index (Phi) is 3.38. The molecule has 0 aliphatic carbocycles. The number of nitrogens with one attached hydrogen (secondary N) is 1. The molecular formula is C17H16ClN3O2. The zero-order valence-corrected chi connectivity index (χ0v) is 13.4. The Hall–Kier alpha value is -2.27. The van der Waals surface area contributed by atoms with Crippen molar-refractivity contribution >= 4 is 28.4 Å². The van der Waals surface area contributed by atoms with E-state index < -0.39 is 0 Å². The Bertz CT molecular complexity index is 883. The molecule has 1 N–H and O–H groups in total. The summed E-state index contributed by atoms with van der Waals surface area (Å²) in [7, 11) is 0. The molecule has 23 heavy (non-hydrogen) atoms. The molecule has 1 fully saturated rings. The number of aromatic amines is 1. The van der Waals surface area contributed by atoms with Gasteiger partial charge in [-0.1, -0.05) is 16.8 Å². The van der Waals surface area contributed by atoms with Gasteiger partial charge in [0.25, 0.3) is 5.91 Å². The van der Waals surface area contributed by atoms with Crippen LogP contribution in [0.3, 0.4) is 0 Å². The van der Waals surface area contributed by atoms with Gasteiger partial charge in [-0.05, 0) is 44.0 Å². The zero-order chi connectivity index (χ0) is 16.0. The number of H-pyrrole nitrogens is 1. The Balaban J connectivity index is 1.66. The van der Waals surface area contributed by atoms with E-state index >= 15 is 0 Å². The summed E-state index contributed by atoms with van der Waals surface area (Å²) in [5.74, 6) is 0.750. The standard InChI is InChI=1S/C17H16ClN3O2/c1-10-7-14(20-23-10)16-3-2-6-21(16)17(22)15-9-11-8-12(18)4-5-13(11)19-15/h4-5,7-9,16,19H,2-3,6H2,1H3. The summed E-state index contributed by atoms with van der Waals surface area (Å²) in [6.07, 6.45) is 1.87. The van der Waals surface area contributed by atoms with Gasteiger partial charge in [0.2, 0.25) is 0 Å². The molecule has 0 saturated carbocycles. The maximum absolute atomic E-state index is 12.9. The van der Waals surface area contributed by atoms with Gasteiger partial charge >= 0.3 is 0 Å². The maximum Gasteiger partial charge on any atom is 0.270 e. The minimum Gasteiger partial charge on any atom is -0.361 e. The fourth-order valence-electron chi connectivity index (χ4n) is 3.23. The molecule has 2 aromatic heterocycles. The largest absolute Gasteiger partial charge is 0.361 e. The number of benzene rings is 1. The Morgan fingerprint density at radius 1 is 1.39 bits per heavy atom. The number of hydrogen-bond donors (Lipinski definition) is 1. The van der Waals surface area contributed by atoms with Crippen LogP contribution in [0.1, 0.15) is 40.8 Å². The van der Waals surface area contributed by atoms with Crippen molar-refractivity contribution in [3.05, 3.63) is 52.5 Å². The topological polar surface area (TPSA) is 62.1 Å². The summed E-state index contributed by atoms with van der Waals surface area (Å²) in [6, 6.07) is 9.29. The number of halogens is 1. The highest BCUT2D eigenvalue weighted by molar-refractivity contribution is 6.31. The second-order valence-electron chi connectivity index (χ2n) is 5.93. The number of nitrogens with zero attached hydrogens (tertiary/aromatic N) is 2. The number of carbonyl (C=O) groups is 1. The molecule has 1 atom stereocenters. The van der Waals surface area contributed by atoms with Crippen molar-refractivity contribution in [2.45, 2.75) is 25.8 Å². The van der Waals surface area contributed by atoms with Crippen molar-refractivity contribution in [3.63, 3.8) is 0 Å². The first-order valence-corrected chi connectivity index (χ1v) is 8.02. The monoisotopic (exact) mass is 329 g/mol.